The zero-order valence-corrected chi connectivity index (χ0v) is 22.0. The van der Waals surface area contributed by atoms with Crippen molar-refractivity contribution in [3.8, 4) is 23.3 Å². The number of nitrogens with zero attached hydrogens (tertiary/aromatic N) is 4. The van der Waals surface area contributed by atoms with Crippen molar-refractivity contribution in [1.29, 1.82) is 5.26 Å². The van der Waals surface area contributed by atoms with Crippen LogP contribution in [0.1, 0.15) is 36.0 Å². The summed E-state index contributed by atoms with van der Waals surface area (Å²) in [6.45, 7) is 3.65. The second-order valence-corrected chi connectivity index (χ2v) is 9.56. The second-order valence-electron chi connectivity index (χ2n) is 9.56. The lowest BCUT2D eigenvalue weighted by molar-refractivity contribution is -0.385. The Hall–Kier alpha value is -4.53. The molecule has 5 rings (SSSR count). The lowest BCUT2D eigenvalue weighted by Crippen LogP contribution is -2.53. The summed E-state index contributed by atoms with van der Waals surface area (Å²) in [7, 11) is 1.44. The van der Waals surface area contributed by atoms with Crippen molar-refractivity contribution < 1.29 is 28.3 Å². The fourth-order valence-corrected chi connectivity index (χ4v) is 5.11. The van der Waals surface area contributed by atoms with E-state index < -0.39 is 16.7 Å². The Morgan fingerprint density at radius 2 is 1.95 bits per heavy atom. The number of amides is 1. The van der Waals surface area contributed by atoms with Crippen LogP contribution in [0.2, 0.25) is 0 Å². The molecule has 0 N–H and O–H groups in total. The maximum absolute atomic E-state index is 14.3. The maximum Gasteiger partial charge on any atom is 0.312 e. The first kappa shape index (κ1) is 27.1. The van der Waals surface area contributed by atoms with Crippen molar-refractivity contribution in [2.24, 2.45) is 0 Å². The monoisotopic (exact) mass is 546 g/mol. The minimum absolute atomic E-state index is 0.00762. The molecule has 206 valence electrons. The molecule has 0 radical (unpaired) electrons. The molecule has 0 bridgehead atoms. The van der Waals surface area contributed by atoms with Crippen molar-refractivity contribution in [2.75, 3.05) is 31.8 Å². The van der Waals surface area contributed by atoms with E-state index >= 15 is 0 Å². The van der Waals surface area contributed by atoms with Gasteiger partial charge in [0, 0.05) is 19.2 Å². The molecular weight excluding hydrogens is 519 g/mol. The van der Waals surface area contributed by atoms with E-state index in [-0.39, 0.29) is 41.2 Å². The van der Waals surface area contributed by atoms with E-state index in [1.807, 2.05) is 18.0 Å². The topological polar surface area (TPSA) is 118 Å². The number of benzene rings is 3. The number of carbonyl (C=O) groups is 1. The Balaban J connectivity index is 1.42. The summed E-state index contributed by atoms with van der Waals surface area (Å²) in [5.41, 5.74) is 1.79. The number of hydrazine groups is 1. The molecule has 3 aromatic carbocycles. The molecule has 40 heavy (non-hydrogen) atoms. The van der Waals surface area contributed by atoms with Gasteiger partial charge < -0.3 is 14.2 Å². The number of methoxy groups -OCH3 is 1. The molecular formula is C29H27FN4O6. The lowest BCUT2D eigenvalue weighted by atomic mass is 9.93. The van der Waals surface area contributed by atoms with Gasteiger partial charge in [0.1, 0.15) is 5.82 Å². The highest BCUT2D eigenvalue weighted by Crippen LogP contribution is 2.43. The third-order valence-electron chi connectivity index (χ3n) is 7.13. The molecule has 1 amide bonds. The van der Waals surface area contributed by atoms with Crippen molar-refractivity contribution in [3.05, 3.63) is 87.2 Å². The molecule has 2 atom stereocenters. The van der Waals surface area contributed by atoms with Crippen molar-refractivity contribution in [3.63, 3.8) is 0 Å². The molecule has 1 saturated heterocycles. The first-order valence-corrected chi connectivity index (χ1v) is 12.9. The minimum atomic E-state index is -0.623. The van der Waals surface area contributed by atoms with Gasteiger partial charge >= 0.3 is 5.69 Å². The van der Waals surface area contributed by atoms with Crippen LogP contribution in [0.25, 0.3) is 0 Å². The average Bonchev–Trinajstić information content (AvgIpc) is 3.23. The molecule has 0 spiro atoms. The first-order valence-electron chi connectivity index (χ1n) is 12.9. The van der Waals surface area contributed by atoms with Gasteiger partial charge in [0.2, 0.25) is 11.7 Å². The Labute approximate surface area is 230 Å². The highest BCUT2D eigenvalue weighted by Gasteiger charge is 2.42. The van der Waals surface area contributed by atoms with Crippen LogP contribution in [0.3, 0.4) is 0 Å². The summed E-state index contributed by atoms with van der Waals surface area (Å²) < 4.78 is 31.4. The molecule has 2 aliphatic rings. The van der Waals surface area contributed by atoms with Crippen LogP contribution in [-0.4, -0.2) is 48.7 Å². The van der Waals surface area contributed by atoms with Crippen molar-refractivity contribution in [1.82, 2.24) is 5.01 Å². The number of nitriles is 1. The predicted octanol–water partition coefficient (Wildman–Crippen LogP) is 5.11. The molecule has 10 nitrogen and oxygen atoms in total. The molecule has 2 aliphatic heterocycles. The molecule has 2 heterocycles. The minimum Gasteiger partial charge on any atom is -0.493 e. The summed E-state index contributed by atoms with van der Waals surface area (Å²) in [6.07, 6.45) is 1.10. The third kappa shape index (κ3) is 5.19. The fourth-order valence-electron chi connectivity index (χ4n) is 5.11. The van der Waals surface area contributed by atoms with E-state index in [4.69, 9.17) is 19.5 Å². The number of nitro benzene ring substituents is 1. The summed E-state index contributed by atoms with van der Waals surface area (Å²) in [6, 6.07) is 15.2. The molecule has 0 aromatic heterocycles. The normalized spacial score (nSPS) is 18.8. The lowest BCUT2D eigenvalue weighted by Gasteiger charge is -2.38. The summed E-state index contributed by atoms with van der Waals surface area (Å²) in [5.74, 6) is -0.704. The van der Waals surface area contributed by atoms with Gasteiger partial charge in [-0.3, -0.25) is 14.9 Å². The van der Waals surface area contributed by atoms with Gasteiger partial charge in [0.15, 0.2) is 11.5 Å². The van der Waals surface area contributed by atoms with Crippen molar-refractivity contribution >= 4 is 17.3 Å². The van der Waals surface area contributed by atoms with Crippen LogP contribution >= 0.6 is 0 Å². The summed E-state index contributed by atoms with van der Waals surface area (Å²) in [4.78, 5) is 24.7. The number of nitro groups is 1. The van der Waals surface area contributed by atoms with Crippen LogP contribution in [-0.2, 0) is 16.0 Å². The number of hydrogen-bond donors (Lipinski definition) is 0. The van der Waals surface area contributed by atoms with E-state index in [9.17, 15) is 19.3 Å². The Morgan fingerprint density at radius 1 is 1.15 bits per heavy atom. The number of morpholine rings is 1. The van der Waals surface area contributed by atoms with Crippen LogP contribution in [0.5, 0.6) is 17.2 Å². The van der Waals surface area contributed by atoms with Crippen LogP contribution in [0.15, 0.2) is 54.6 Å². The molecule has 1 fully saturated rings. The van der Waals surface area contributed by atoms with Gasteiger partial charge in [-0.05, 0) is 66.4 Å². The number of halogens is 1. The highest BCUT2D eigenvalue weighted by atomic mass is 19.1. The van der Waals surface area contributed by atoms with E-state index in [0.717, 1.165) is 18.1 Å². The standard InChI is InChI=1S/C29H27FN4O6/c1-3-21-17-32(10-11-39-21)33-24-7-6-20(30)15-22(24)23(29(33)35)12-18-4-9-27(28(14-18)38-2)40-26-8-5-19(16-31)13-25(26)34(36)37/h4-9,13-15,21,23H,3,10-12,17H2,1-2H3. The predicted molar refractivity (Wildman–Crippen MR) is 143 cm³/mol. The van der Waals surface area contributed by atoms with Crippen LogP contribution in [0.4, 0.5) is 15.8 Å². The Bertz CT molecular complexity index is 1510. The maximum atomic E-state index is 14.3. The van der Waals surface area contributed by atoms with Gasteiger partial charge in [-0.2, -0.15) is 5.26 Å². The molecule has 0 saturated carbocycles. The number of ether oxygens (including phenoxy) is 3. The molecule has 3 aromatic rings. The zero-order chi connectivity index (χ0) is 28.4. The first-order chi connectivity index (χ1) is 19.3. The Morgan fingerprint density at radius 3 is 2.67 bits per heavy atom. The quantitative estimate of drug-likeness (QED) is 0.283. The number of fused-ring (bicyclic) bond motifs is 1. The molecule has 0 aliphatic carbocycles. The SMILES string of the molecule is CCC1CN(N2C(=O)C(Cc3ccc(Oc4ccc(C#N)cc4[N+](=O)[O-])c(OC)c3)c3cc(F)ccc32)CCO1. The fraction of sp³-hybridized carbons (Fsp3) is 0.310. The number of anilines is 1. The highest BCUT2D eigenvalue weighted by molar-refractivity contribution is 6.04. The molecule has 2 unspecified atom stereocenters. The van der Waals surface area contributed by atoms with Gasteiger partial charge in [-0.25, -0.2) is 14.4 Å². The number of rotatable bonds is 8. The third-order valence-corrected chi connectivity index (χ3v) is 7.13. The van der Waals surface area contributed by atoms with E-state index in [1.165, 1.54) is 31.4 Å². The number of carbonyl (C=O) groups excluding carboxylic acids is 1. The van der Waals surface area contributed by atoms with Gasteiger partial charge in [-0.15, -0.1) is 0 Å². The number of hydrogen-bond acceptors (Lipinski definition) is 8. The van der Waals surface area contributed by atoms with Gasteiger partial charge in [0.25, 0.3) is 0 Å². The van der Waals surface area contributed by atoms with Crippen LogP contribution < -0.4 is 14.5 Å². The smallest absolute Gasteiger partial charge is 0.312 e. The summed E-state index contributed by atoms with van der Waals surface area (Å²) >= 11 is 0. The van der Waals surface area contributed by atoms with E-state index in [0.29, 0.717) is 36.7 Å². The van der Waals surface area contributed by atoms with Crippen molar-refractivity contribution in [2.45, 2.75) is 31.8 Å². The zero-order valence-electron chi connectivity index (χ0n) is 22.0. The largest absolute Gasteiger partial charge is 0.493 e. The van der Waals surface area contributed by atoms with E-state index in [1.54, 1.807) is 29.3 Å². The Kier molecular flexibility index (Phi) is 7.64. The second kappa shape index (κ2) is 11.3. The average molecular weight is 547 g/mol. The van der Waals surface area contributed by atoms with Gasteiger partial charge in [0.05, 0.1) is 48.0 Å². The summed E-state index contributed by atoms with van der Waals surface area (Å²) in [5, 5.41) is 24.2. The van der Waals surface area contributed by atoms with Crippen LogP contribution in [0, 0.1) is 27.3 Å². The van der Waals surface area contributed by atoms with Gasteiger partial charge in [-0.1, -0.05) is 13.0 Å². The van der Waals surface area contributed by atoms with E-state index in [2.05, 4.69) is 0 Å². The molecule has 11 heteroatoms.